The standard InChI is InChI=1S/C12H21N3O3/c1-10(8-16-2)14-12-13-3-4-15(12)7-11-9-17-5-6-18-11/h3-4,10-11H,5-9H2,1-2H3,(H,13,14). The van der Waals surface area contributed by atoms with Crippen molar-refractivity contribution in [2.24, 2.45) is 0 Å². The molecule has 0 aliphatic carbocycles. The minimum absolute atomic E-state index is 0.103. The van der Waals surface area contributed by atoms with Crippen LogP contribution in [0.5, 0.6) is 0 Å². The van der Waals surface area contributed by atoms with Gasteiger partial charge in [0.25, 0.3) is 0 Å². The topological polar surface area (TPSA) is 57.5 Å². The maximum absolute atomic E-state index is 5.63. The second-order valence-corrected chi connectivity index (χ2v) is 4.47. The van der Waals surface area contributed by atoms with E-state index >= 15 is 0 Å². The van der Waals surface area contributed by atoms with Gasteiger partial charge in [-0.25, -0.2) is 4.98 Å². The molecule has 2 unspecified atom stereocenters. The number of imidazole rings is 1. The van der Waals surface area contributed by atoms with Crippen molar-refractivity contribution in [1.29, 1.82) is 0 Å². The van der Waals surface area contributed by atoms with E-state index in [1.165, 1.54) is 0 Å². The number of hydrogen-bond donors (Lipinski definition) is 1. The highest BCUT2D eigenvalue weighted by Crippen LogP contribution is 2.10. The van der Waals surface area contributed by atoms with Crippen LogP contribution in [0.4, 0.5) is 5.95 Å². The lowest BCUT2D eigenvalue weighted by Gasteiger charge is -2.24. The van der Waals surface area contributed by atoms with E-state index in [9.17, 15) is 0 Å². The summed E-state index contributed by atoms with van der Waals surface area (Å²) in [5.74, 6) is 0.841. The van der Waals surface area contributed by atoms with Crippen molar-refractivity contribution >= 4 is 5.95 Å². The first kappa shape index (κ1) is 13.3. The maximum Gasteiger partial charge on any atom is 0.203 e. The molecule has 102 valence electrons. The lowest BCUT2D eigenvalue weighted by Crippen LogP contribution is -2.33. The molecule has 2 atom stereocenters. The van der Waals surface area contributed by atoms with Gasteiger partial charge in [0.1, 0.15) is 0 Å². The Bertz CT molecular complexity index is 350. The molecule has 6 heteroatoms. The summed E-state index contributed by atoms with van der Waals surface area (Å²) in [4.78, 5) is 4.30. The van der Waals surface area contributed by atoms with Crippen molar-refractivity contribution in [2.45, 2.75) is 25.6 Å². The smallest absolute Gasteiger partial charge is 0.203 e. The Morgan fingerprint density at radius 2 is 2.50 bits per heavy atom. The van der Waals surface area contributed by atoms with E-state index in [-0.39, 0.29) is 12.1 Å². The van der Waals surface area contributed by atoms with Gasteiger partial charge in [-0.1, -0.05) is 0 Å². The molecule has 1 aliphatic heterocycles. The van der Waals surface area contributed by atoms with Crippen LogP contribution >= 0.6 is 0 Å². The number of ether oxygens (including phenoxy) is 3. The van der Waals surface area contributed by atoms with Gasteiger partial charge in [0.15, 0.2) is 0 Å². The van der Waals surface area contributed by atoms with Gasteiger partial charge in [-0.3, -0.25) is 0 Å². The average Bonchev–Trinajstić information content (AvgIpc) is 2.78. The number of aromatic nitrogens is 2. The molecule has 2 rings (SSSR count). The van der Waals surface area contributed by atoms with E-state index in [1.54, 1.807) is 13.3 Å². The number of hydrogen-bond acceptors (Lipinski definition) is 5. The van der Waals surface area contributed by atoms with Crippen LogP contribution in [0.3, 0.4) is 0 Å². The SMILES string of the molecule is COCC(C)Nc1nccn1CC1COCCO1. The molecule has 0 aromatic carbocycles. The van der Waals surface area contributed by atoms with Crippen molar-refractivity contribution < 1.29 is 14.2 Å². The zero-order valence-electron chi connectivity index (χ0n) is 11.0. The molecule has 1 fully saturated rings. The average molecular weight is 255 g/mol. The fourth-order valence-corrected chi connectivity index (χ4v) is 1.97. The normalized spacial score (nSPS) is 21.8. The second-order valence-electron chi connectivity index (χ2n) is 4.47. The predicted octanol–water partition coefficient (Wildman–Crippen LogP) is 0.745. The van der Waals surface area contributed by atoms with Gasteiger partial charge >= 0.3 is 0 Å². The minimum atomic E-state index is 0.103. The summed E-state index contributed by atoms with van der Waals surface area (Å²) in [7, 11) is 1.69. The monoisotopic (exact) mass is 255 g/mol. The van der Waals surface area contributed by atoms with Crippen LogP contribution in [0.25, 0.3) is 0 Å². The van der Waals surface area contributed by atoms with Gasteiger partial charge < -0.3 is 24.1 Å². The van der Waals surface area contributed by atoms with Crippen LogP contribution in [0.15, 0.2) is 12.4 Å². The van der Waals surface area contributed by atoms with Crippen molar-refractivity contribution in [3.05, 3.63) is 12.4 Å². The highest BCUT2D eigenvalue weighted by atomic mass is 16.6. The van der Waals surface area contributed by atoms with Crippen LogP contribution in [-0.4, -0.2) is 55.2 Å². The highest BCUT2D eigenvalue weighted by Gasteiger charge is 2.16. The van der Waals surface area contributed by atoms with Crippen molar-refractivity contribution in [3.8, 4) is 0 Å². The molecular weight excluding hydrogens is 234 g/mol. The number of methoxy groups -OCH3 is 1. The van der Waals surface area contributed by atoms with E-state index in [0.717, 1.165) is 12.5 Å². The molecule has 1 aliphatic rings. The quantitative estimate of drug-likeness (QED) is 0.812. The Balaban J connectivity index is 1.90. The minimum Gasteiger partial charge on any atom is -0.383 e. The maximum atomic E-state index is 5.63. The number of nitrogens with one attached hydrogen (secondary N) is 1. The van der Waals surface area contributed by atoms with Crippen molar-refractivity contribution in [1.82, 2.24) is 9.55 Å². The molecule has 18 heavy (non-hydrogen) atoms. The summed E-state index contributed by atoms with van der Waals surface area (Å²) in [5.41, 5.74) is 0. The molecule has 0 amide bonds. The number of rotatable bonds is 6. The summed E-state index contributed by atoms with van der Waals surface area (Å²) in [6.45, 7) is 5.46. The van der Waals surface area contributed by atoms with Crippen LogP contribution in [0.2, 0.25) is 0 Å². The number of anilines is 1. The summed E-state index contributed by atoms with van der Waals surface area (Å²) < 4.78 is 18.2. The van der Waals surface area contributed by atoms with E-state index in [2.05, 4.69) is 17.2 Å². The molecule has 2 heterocycles. The Kier molecular flexibility index (Phi) is 4.98. The molecule has 1 aromatic heterocycles. The molecule has 1 saturated heterocycles. The van der Waals surface area contributed by atoms with Crippen LogP contribution in [0, 0.1) is 0 Å². The first-order valence-corrected chi connectivity index (χ1v) is 6.25. The summed E-state index contributed by atoms with van der Waals surface area (Å²) in [5, 5.41) is 3.31. The molecule has 1 N–H and O–H groups in total. The molecule has 0 bridgehead atoms. The summed E-state index contributed by atoms with van der Waals surface area (Å²) in [6.07, 6.45) is 3.83. The molecule has 6 nitrogen and oxygen atoms in total. The zero-order valence-corrected chi connectivity index (χ0v) is 11.0. The third kappa shape index (κ3) is 3.69. The second kappa shape index (κ2) is 6.72. The molecule has 1 aromatic rings. The van der Waals surface area contributed by atoms with Gasteiger partial charge in [0.2, 0.25) is 5.95 Å². The lowest BCUT2D eigenvalue weighted by molar-refractivity contribution is -0.0934. The molecular formula is C12H21N3O3. The Labute approximate surface area is 107 Å². The Morgan fingerprint density at radius 1 is 1.61 bits per heavy atom. The van der Waals surface area contributed by atoms with Crippen molar-refractivity contribution in [3.63, 3.8) is 0 Å². The third-order valence-electron chi connectivity index (χ3n) is 2.79. The molecule has 0 saturated carbocycles. The lowest BCUT2D eigenvalue weighted by atomic mass is 10.3. The van der Waals surface area contributed by atoms with E-state index < -0.39 is 0 Å². The van der Waals surface area contributed by atoms with Gasteiger partial charge in [-0.05, 0) is 6.92 Å². The number of nitrogens with zero attached hydrogens (tertiary/aromatic N) is 2. The van der Waals surface area contributed by atoms with E-state index in [4.69, 9.17) is 14.2 Å². The fourth-order valence-electron chi connectivity index (χ4n) is 1.97. The van der Waals surface area contributed by atoms with E-state index in [1.807, 2.05) is 10.8 Å². The summed E-state index contributed by atoms with van der Waals surface area (Å²) in [6, 6.07) is 0.222. The highest BCUT2D eigenvalue weighted by molar-refractivity contribution is 5.27. The Morgan fingerprint density at radius 3 is 3.22 bits per heavy atom. The van der Waals surface area contributed by atoms with Gasteiger partial charge in [-0.15, -0.1) is 0 Å². The van der Waals surface area contributed by atoms with Gasteiger partial charge in [0, 0.05) is 25.5 Å². The molecule has 0 spiro atoms. The van der Waals surface area contributed by atoms with Crippen LogP contribution in [-0.2, 0) is 20.8 Å². The first-order chi connectivity index (χ1) is 8.79. The van der Waals surface area contributed by atoms with Crippen molar-refractivity contribution in [2.75, 3.05) is 38.9 Å². The van der Waals surface area contributed by atoms with Crippen LogP contribution < -0.4 is 5.32 Å². The largest absolute Gasteiger partial charge is 0.383 e. The fraction of sp³-hybridized carbons (Fsp3) is 0.750. The van der Waals surface area contributed by atoms with Gasteiger partial charge in [0.05, 0.1) is 39.1 Å². The van der Waals surface area contributed by atoms with Crippen LogP contribution in [0.1, 0.15) is 6.92 Å². The van der Waals surface area contributed by atoms with Gasteiger partial charge in [-0.2, -0.15) is 0 Å². The molecule has 0 radical (unpaired) electrons. The predicted molar refractivity (Wildman–Crippen MR) is 67.7 cm³/mol. The summed E-state index contributed by atoms with van der Waals surface area (Å²) >= 11 is 0. The third-order valence-corrected chi connectivity index (χ3v) is 2.79. The van der Waals surface area contributed by atoms with E-state index in [0.29, 0.717) is 26.4 Å². The Hall–Kier alpha value is -1.11. The first-order valence-electron chi connectivity index (χ1n) is 6.25. The zero-order chi connectivity index (χ0) is 12.8.